The molecule has 0 aromatic heterocycles. The summed E-state index contributed by atoms with van der Waals surface area (Å²) in [4.78, 5) is 12.5. The number of benzene rings is 1. The fourth-order valence-electron chi connectivity index (χ4n) is 3.49. The maximum absolute atomic E-state index is 12.5. The van der Waals surface area contributed by atoms with E-state index in [-0.39, 0.29) is 24.2 Å². The highest BCUT2D eigenvalue weighted by atomic mass is 16.5. The van der Waals surface area contributed by atoms with Gasteiger partial charge in [-0.1, -0.05) is 12.1 Å². The van der Waals surface area contributed by atoms with Crippen molar-refractivity contribution in [2.24, 2.45) is 0 Å². The lowest BCUT2D eigenvalue weighted by atomic mass is 10.1. The summed E-state index contributed by atoms with van der Waals surface area (Å²) in [5, 5.41) is 6.21. The zero-order valence-corrected chi connectivity index (χ0v) is 15.0. The van der Waals surface area contributed by atoms with Crippen molar-refractivity contribution in [1.82, 2.24) is 10.6 Å². The number of rotatable bonds is 6. The lowest BCUT2D eigenvalue weighted by Gasteiger charge is -2.29. The first-order valence-corrected chi connectivity index (χ1v) is 9.14. The predicted octanol–water partition coefficient (Wildman–Crippen LogP) is 2.01. The molecule has 138 valence electrons. The van der Waals surface area contributed by atoms with Gasteiger partial charge in [-0.2, -0.15) is 0 Å². The van der Waals surface area contributed by atoms with Crippen LogP contribution in [-0.4, -0.2) is 44.4 Å². The fraction of sp³-hybridized carbons (Fsp3) is 0.632. The van der Waals surface area contributed by atoms with E-state index in [9.17, 15) is 4.79 Å². The smallest absolute Gasteiger partial charge is 0.240 e. The zero-order valence-electron chi connectivity index (χ0n) is 15.0. The summed E-state index contributed by atoms with van der Waals surface area (Å²) in [7, 11) is 1.64. The molecule has 0 spiro atoms. The minimum Gasteiger partial charge on any atom is -0.493 e. The second kappa shape index (κ2) is 8.54. The van der Waals surface area contributed by atoms with Crippen molar-refractivity contribution in [2.75, 3.05) is 20.3 Å². The Balaban J connectivity index is 1.67. The lowest BCUT2D eigenvalue weighted by Crippen LogP contribution is -2.55. The van der Waals surface area contributed by atoms with Gasteiger partial charge >= 0.3 is 0 Å². The molecule has 2 aliphatic rings. The molecule has 1 aromatic carbocycles. The average molecular weight is 348 g/mol. The van der Waals surface area contributed by atoms with Crippen molar-refractivity contribution >= 4 is 5.91 Å². The Morgan fingerprint density at radius 1 is 1.36 bits per heavy atom. The highest BCUT2D eigenvalue weighted by Gasteiger charge is 2.28. The van der Waals surface area contributed by atoms with Gasteiger partial charge < -0.3 is 24.8 Å². The Hall–Kier alpha value is -1.79. The Bertz CT molecular complexity index is 587. The largest absolute Gasteiger partial charge is 0.493 e. The van der Waals surface area contributed by atoms with Crippen LogP contribution in [0.25, 0.3) is 0 Å². The molecule has 1 aliphatic carbocycles. The van der Waals surface area contributed by atoms with E-state index in [1.807, 2.05) is 25.1 Å². The van der Waals surface area contributed by atoms with Gasteiger partial charge in [0.2, 0.25) is 5.91 Å². The molecule has 6 heteroatoms. The van der Waals surface area contributed by atoms with E-state index in [2.05, 4.69) is 10.6 Å². The van der Waals surface area contributed by atoms with E-state index in [1.54, 1.807) is 7.11 Å². The van der Waals surface area contributed by atoms with Crippen LogP contribution < -0.4 is 20.1 Å². The topological polar surface area (TPSA) is 68.8 Å². The van der Waals surface area contributed by atoms with Crippen LogP contribution in [0.5, 0.6) is 11.5 Å². The van der Waals surface area contributed by atoms with E-state index in [0.29, 0.717) is 25.4 Å². The molecule has 25 heavy (non-hydrogen) atoms. The molecule has 1 saturated carbocycles. The Kier molecular flexibility index (Phi) is 6.15. The second-order valence-corrected chi connectivity index (χ2v) is 6.70. The molecular formula is C19H28N2O4. The number of carbonyl (C=O) groups excluding carboxylic acids is 1. The minimum atomic E-state index is -0.321. The number of hydrogen-bond donors (Lipinski definition) is 2. The predicted molar refractivity (Wildman–Crippen MR) is 94.9 cm³/mol. The van der Waals surface area contributed by atoms with Crippen LogP contribution in [0.1, 0.15) is 38.2 Å². The van der Waals surface area contributed by atoms with Crippen LogP contribution in [0.15, 0.2) is 18.2 Å². The van der Waals surface area contributed by atoms with Crippen molar-refractivity contribution < 1.29 is 19.0 Å². The van der Waals surface area contributed by atoms with Gasteiger partial charge in [0.05, 0.1) is 25.9 Å². The van der Waals surface area contributed by atoms with Crippen LogP contribution in [-0.2, 0) is 16.1 Å². The number of nitrogens with one attached hydrogen (secondary N) is 2. The van der Waals surface area contributed by atoms with Crippen molar-refractivity contribution in [1.29, 1.82) is 0 Å². The summed E-state index contributed by atoms with van der Waals surface area (Å²) in [6.07, 6.45) is 4.66. The number of methoxy groups -OCH3 is 1. The molecule has 0 bridgehead atoms. The van der Waals surface area contributed by atoms with Gasteiger partial charge in [-0.15, -0.1) is 0 Å². The lowest BCUT2D eigenvalue weighted by molar-refractivity contribution is -0.129. The third-order valence-corrected chi connectivity index (χ3v) is 4.92. The van der Waals surface area contributed by atoms with Gasteiger partial charge in [0.15, 0.2) is 11.5 Å². The summed E-state index contributed by atoms with van der Waals surface area (Å²) in [6, 6.07) is 5.47. The summed E-state index contributed by atoms with van der Waals surface area (Å²) in [5.41, 5.74) is 0.934. The fourth-order valence-corrected chi connectivity index (χ4v) is 3.49. The van der Waals surface area contributed by atoms with Crippen LogP contribution in [0.4, 0.5) is 0 Å². The molecule has 0 unspecified atom stereocenters. The first-order valence-electron chi connectivity index (χ1n) is 9.14. The SMILES string of the molecule is COc1cccc(CNC(=O)[C@H]2NCCO[C@@H]2C)c1OC1CCCC1. The molecule has 1 saturated heterocycles. The molecule has 6 nitrogen and oxygen atoms in total. The van der Waals surface area contributed by atoms with Gasteiger partial charge in [0, 0.05) is 18.7 Å². The monoisotopic (exact) mass is 348 g/mol. The van der Waals surface area contributed by atoms with Gasteiger partial charge in [-0.3, -0.25) is 4.79 Å². The van der Waals surface area contributed by atoms with Crippen molar-refractivity contribution in [3.63, 3.8) is 0 Å². The van der Waals surface area contributed by atoms with Crippen LogP contribution in [0.3, 0.4) is 0 Å². The average Bonchev–Trinajstić information content (AvgIpc) is 3.14. The molecule has 1 amide bonds. The number of amides is 1. The summed E-state index contributed by atoms with van der Waals surface area (Å²) in [6.45, 7) is 3.65. The number of para-hydroxylation sites is 1. The summed E-state index contributed by atoms with van der Waals surface area (Å²) >= 11 is 0. The van der Waals surface area contributed by atoms with Crippen molar-refractivity contribution in [3.8, 4) is 11.5 Å². The molecule has 1 aromatic rings. The maximum atomic E-state index is 12.5. The van der Waals surface area contributed by atoms with Crippen LogP contribution >= 0.6 is 0 Å². The molecule has 2 N–H and O–H groups in total. The summed E-state index contributed by atoms with van der Waals surface area (Å²) < 4.78 is 17.2. The number of carbonyl (C=O) groups is 1. The first kappa shape index (κ1) is 18.0. The van der Waals surface area contributed by atoms with Gasteiger partial charge in [-0.25, -0.2) is 0 Å². The van der Waals surface area contributed by atoms with Crippen LogP contribution in [0.2, 0.25) is 0 Å². The molecular weight excluding hydrogens is 320 g/mol. The molecule has 1 aliphatic heterocycles. The third-order valence-electron chi connectivity index (χ3n) is 4.92. The van der Waals surface area contributed by atoms with Crippen molar-refractivity contribution in [2.45, 2.75) is 57.4 Å². The number of hydrogen-bond acceptors (Lipinski definition) is 5. The number of morpholine rings is 1. The van der Waals surface area contributed by atoms with E-state index in [4.69, 9.17) is 14.2 Å². The standard InChI is InChI=1S/C19H28N2O4/c1-13-17(20-10-11-24-13)19(22)21-12-14-6-5-9-16(23-2)18(14)25-15-7-3-4-8-15/h5-6,9,13,15,17,20H,3-4,7-8,10-12H2,1-2H3,(H,21,22)/t13-,17+/m1/s1. The molecule has 2 fully saturated rings. The second-order valence-electron chi connectivity index (χ2n) is 6.70. The quantitative estimate of drug-likeness (QED) is 0.823. The van der Waals surface area contributed by atoms with Crippen molar-refractivity contribution in [3.05, 3.63) is 23.8 Å². The Labute approximate surface area is 149 Å². The highest BCUT2D eigenvalue weighted by molar-refractivity contribution is 5.82. The summed E-state index contributed by atoms with van der Waals surface area (Å²) in [5.74, 6) is 1.41. The van der Waals surface area contributed by atoms with E-state index in [0.717, 1.165) is 24.2 Å². The third kappa shape index (κ3) is 4.44. The van der Waals surface area contributed by atoms with E-state index >= 15 is 0 Å². The Morgan fingerprint density at radius 2 is 2.16 bits per heavy atom. The molecule has 1 heterocycles. The van der Waals surface area contributed by atoms with Gasteiger partial charge in [0.1, 0.15) is 6.04 Å². The van der Waals surface area contributed by atoms with E-state index in [1.165, 1.54) is 12.8 Å². The molecule has 2 atom stereocenters. The highest BCUT2D eigenvalue weighted by Crippen LogP contribution is 2.34. The van der Waals surface area contributed by atoms with Crippen LogP contribution in [0, 0.1) is 0 Å². The Morgan fingerprint density at radius 3 is 2.88 bits per heavy atom. The normalized spacial score (nSPS) is 24.1. The first-order chi connectivity index (χ1) is 12.2. The molecule has 0 radical (unpaired) electrons. The van der Waals surface area contributed by atoms with Gasteiger partial charge in [0.25, 0.3) is 0 Å². The zero-order chi connectivity index (χ0) is 17.6. The maximum Gasteiger partial charge on any atom is 0.240 e. The van der Waals surface area contributed by atoms with E-state index < -0.39 is 0 Å². The number of ether oxygens (including phenoxy) is 3. The van der Waals surface area contributed by atoms with Gasteiger partial charge in [-0.05, 0) is 38.7 Å². The minimum absolute atomic E-state index is 0.0539. The molecule has 3 rings (SSSR count).